The van der Waals surface area contributed by atoms with Crippen LogP contribution in [0.2, 0.25) is 10.0 Å². The lowest BCUT2D eigenvalue weighted by Gasteiger charge is -2.09. The first-order chi connectivity index (χ1) is 13.3. The zero-order valence-electron chi connectivity index (χ0n) is 14.0. The number of hydrogen-bond donors (Lipinski definition) is 0. The molecular weight excluding hydrogens is 599 g/mol. The second kappa shape index (κ2) is 9.63. The van der Waals surface area contributed by atoms with Crippen LogP contribution in [0.4, 0.5) is 0 Å². The molecule has 8 heteroatoms. The van der Waals surface area contributed by atoms with Crippen molar-refractivity contribution in [2.45, 2.75) is 6.61 Å². The molecule has 0 N–H and O–H groups in total. The average Bonchev–Trinajstić information content (AvgIpc) is 3.06. The zero-order chi connectivity index (χ0) is 20.3. The van der Waals surface area contributed by atoms with E-state index in [4.69, 9.17) is 32.4 Å². The van der Waals surface area contributed by atoms with E-state index in [9.17, 15) is 4.79 Å². The highest BCUT2D eigenvalue weighted by Crippen LogP contribution is 2.37. The number of halogens is 5. The lowest BCUT2D eigenvalue weighted by Crippen LogP contribution is -1.96. The van der Waals surface area contributed by atoms with Crippen molar-refractivity contribution in [1.29, 1.82) is 0 Å². The Hall–Kier alpha value is -1.05. The Balaban J connectivity index is 1.66. The Bertz CT molecular complexity index is 1040. The van der Waals surface area contributed by atoms with Crippen LogP contribution in [0.1, 0.15) is 21.9 Å². The van der Waals surface area contributed by atoms with Crippen LogP contribution >= 0.6 is 71.0 Å². The van der Waals surface area contributed by atoms with Gasteiger partial charge in [0.15, 0.2) is 5.78 Å². The molecule has 0 unspecified atom stereocenters. The zero-order valence-corrected chi connectivity index (χ0v) is 20.3. The third-order valence-electron chi connectivity index (χ3n) is 3.60. The molecule has 0 spiro atoms. The molecule has 0 radical (unpaired) electrons. The van der Waals surface area contributed by atoms with Gasteiger partial charge in [-0.3, -0.25) is 4.79 Å². The summed E-state index contributed by atoms with van der Waals surface area (Å²) < 4.78 is 14.0. The number of ketones is 1. The predicted octanol–water partition coefficient (Wildman–Crippen LogP) is 8.35. The third kappa shape index (κ3) is 5.51. The van der Waals surface area contributed by atoms with Crippen LogP contribution in [0, 0.1) is 0 Å². The van der Waals surface area contributed by atoms with Crippen LogP contribution in [-0.4, -0.2) is 5.78 Å². The van der Waals surface area contributed by atoms with Crippen molar-refractivity contribution in [3.05, 3.63) is 89.1 Å². The van der Waals surface area contributed by atoms with Crippen LogP contribution in [-0.2, 0) is 6.61 Å². The van der Waals surface area contributed by atoms with Crippen molar-refractivity contribution in [3.63, 3.8) is 0 Å². The first-order valence-electron chi connectivity index (χ1n) is 7.87. The minimum Gasteiger partial charge on any atom is -0.483 e. The molecule has 1 aromatic heterocycles. The molecule has 0 amide bonds. The quantitative estimate of drug-likeness (QED) is 0.208. The Morgan fingerprint density at radius 3 is 2.43 bits per heavy atom. The van der Waals surface area contributed by atoms with Gasteiger partial charge in [-0.25, -0.2) is 0 Å². The summed E-state index contributed by atoms with van der Waals surface area (Å²) in [6.07, 6.45) is 2.99. The molecule has 3 nitrogen and oxygen atoms in total. The van der Waals surface area contributed by atoms with Crippen LogP contribution in [0.15, 0.2) is 66.4 Å². The Morgan fingerprint density at radius 1 is 1.04 bits per heavy atom. The van der Waals surface area contributed by atoms with Gasteiger partial charge in [-0.1, -0.05) is 39.1 Å². The summed E-state index contributed by atoms with van der Waals surface area (Å²) in [5, 5.41) is 0.784. The standard InChI is InChI=1S/C20H11Br3Cl2O3/c21-11-7-16(22)20(17(23)8-11)27-10-14-3-2-13(28-14)4-6-19(26)15-5-1-12(24)9-18(15)25/h1-9H,10H2/b6-4+. The highest BCUT2D eigenvalue weighted by atomic mass is 79.9. The van der Waals surface area contributed by atoms with Gasteiger partial charge in [-0.05, 0) is 86.5 Å². The van der Waals surface area contributed by atoms with Crippen molar-refractivity contribution in [2.24, 2.45) is 0 Å². The number of furan rings is 1. The lowest BCUT2D eigenvalue weighted by molar-refractivity contribution is 0.104. The monoisotopic (exact) mass is 606 g/mol. The molecule has 0 atom stereocenters. The maximum Gasteiger partial charge on any atom is 0.187 e. The fourth-order valence-electron chi connectivity index (χ4n) is 2.31. The second-order valence-corrected chi connectivity index (χ2v) is 9.08. The number of ether oxygens (including phenoxy) is 1. The number of hydrogen-bond acceptors (Lipinski definition) is 3. The highest BCUT2D eigenvalue weighted by molar-refractivity contribution is 9.11. The number of allylic oxidation sites excluding steroid dienone is 1. The first kappa shape index (κ1) is 21.7. The van der Waals surface area contributed by atoms with Gasteiger partial charge in [0.2, 0.25) is 0 Å². The number of rotatable bonds is 6. The van der Waals surface area contributed by atoms with Crippen LogP contribution in [0.3, 0.4) is 0 Å². The van der Waals surface area contributed by atoms with E-state index in [-0.39, 0.29) is 12.4 Å². The van der Waals surface area contributed by atoms with E-state index in [0.717, 1.165) is 13.4 Å². The highest BCUT2D eigenvalue weighted by Gasteiger charge is 2.11. The molecule has 0 bridgehead atoms. The number of carbonyl (C=O) groups excluding carboxylic acids is 1. The van der Waals surface area contributed by atoms with E-state index >= 15 is 0 Å². The molecule has 1 heterocycles. The van der Waals surface area contributed by atoms with Crippen molar-refractivity contribution in [1.82, 2.24) is 0 Å². The van der Waals surface area contributed by atoms with Gasteiger partial charge in [-0.2, -0.15) is 0 Å². The summed E-state index contributed by atoms with van der Waals surface area (Å²) in [6, 6.07) is 12.1. The molecular formula is C20H11Br3Cl2O3. The molecule has 0 aliphatic rings. The van der Waals surface area contributed by atoms with Crippen molar-refractivity contribution < 1.29 is 13.9 Å². The molecule has 3 rings (SSSR count). The molecule has 0 saturated heterocycles. The van der Waals surface area contributed by atoms with Crippen LogP contribution < -0.4 is 4.74 Å². The predicted molar refractivity (Wildman–Crippen MR) is 122 cm³/mol. The van der Waals surface area contributed by atoms with Crippen LogP contribution in [0.5, 0.6) is 5.75 Å². The van der Waals surface area contributed by atoms with Crippen molar-refractivity contribution >= 4 is 82.9 Å². The summed E-state index contributed by atoms with van der Waals surface area (Å²) in [6.45, 7) is 0.240. The van der Waals surface area contributed by atoms with Gasteiger partial charge >= 0.3 is 0 Å². The van der Waals surface area contributed by atoms with E-state index in [1.165, 1.54) is 12.1 Å². The summed E-state index contributed by atoms with van der Waals surface area (Å²) in [7, 11) is 0. The largest absolute Gasteiger partial charge is 0.483 e. The van der Waals surface area contributed by atoms with E-state index in [0.29, 0.717) is 32.9 Å². The van der Waals surface area contributed by atoms with Crippen molar-refractivity contribution in [2.75, 3.05) is 0 Å². The smallest absolute Gasteiger partial charge is 0.187 e. The number of carbonyl (C=O) groups is 1. The van der Waals surface area contributed by atoms with Gasteiger partial charge < -0.3 is 9.15 Å². The molecule has 2 aromatic carbocycles. The molecule has 28 heavy (non-hydrogen) atoms. The van der Waals surface area contributed by atoms with Gasteiger partial charge in [0.05, 0.1) is 14.0 Å². The first-order valence-corrected chi connectivity index (χ1v) is 11.0. The molecule has 0 saturated carbocycles. The molecule has 0 aliphatic carbocycles. The second-order valence-electron chi connectivity index (χ2n) is 5.61. The van der Waals surface area contributed by atoms with Gasteiger partial charge in [0, 0.05) is 15.1 Å². The Labute approximate surface area is 197 Å². The van der Waals surface area contributed by atoms with E-state index < -0.39 is 0 Å². The van der Waals surface area contributed by atoms with E-state index in [1.807, 2.05) is 12.1 Å². The fraction of sp³-hybridized carbons (Fsp3) is 0.0500. The SMILES string of the molecule is O=C(/C=C/c1ccc(COc2c(Br)cc(Br)cc2Br)o1)c1ccc(Cl)cc1Cl. The maximum atomic E-state index is 12.3. The minimum atomic E-state index is -0.237. The van der Waals surface area contributed by atoms with E-state index in [2.05, 4.69) is 47.8 Å². The maximum absolute atomic E-state index is 12.3. The van der Waals surface area contributed by atoms with Gasteiger partial charge in [0.1, 0.15) is 23.9 Å². The molecule has 3 aromatic rings. The topological polar surface area (TPSA) is 39.4 Å². The lowest BCUT2D eigenvalue weighted by atomic mass is 10.1. The minimum absolute atomic E-state index is 0.237. The average molecular weight is 610 g/mol. The van der Waals surface area contributed by atoms with Gasteiger partial charge in [0.25, 0.3) is 0 Å². The summed E-state index contributed by atoms with van der Waals surface area (Å²) in [5.74, 6) is 1.59. The number of benzene rings is 2. The normalized spacial score (nSPS) is 11.2. The van der Waals surface area contributed by atoms with Crippen molar-refractivity contribution in [3.8, 4) is 5.75 Å². The molecule has 0 aliphatic heterocycles. The fourth-order valence-corrected chi connectivity index (χ4v) is 5.30. The van der Waals surface area contributed by atoms with Crippen LogP contribution in [0.25, 0.3) is 6.08 Å². The summed E-state index contributed by atoms with van der Waals surface area (Å²) in [4.78, 5) is 12.3. The molecule has 144 valence electrons. The summed E-state index contributed by atoms with van der Waals surface area (Å²) >= 11 is 22.3. The molecule has 0 fully saturated rings. The summed E-state index contributed by atoms with van der Waals surface area (Å²) in [5.41, 5.74) is 0.377. The van der Waals surface area contributed by atoms with Gasteiger partial charge in [-0.15, -0.1) is 0 Å². The Morgan fingerprint density at radius 2 is 1.75 bits per heavy atom. The Kier molecular flexibility index (Phi) is 7.45. The van der Waals surface area contributed by atoms with E-state index in [1.54, 1.807) is 30.3 Å². The third-order valence-corrected chi connectivity index (χ3v) is 5.78.